The van der Waals surface area contributed by atoms with Crippen LogP contribution >= 0.6 is 11.3 Å². The molecule has 1 rings (SSSR count). The number of rotatable bonds is 6. The minimum absolute atomic E-state index is 0.0373. The molecule has 0 saturated heterocycles. The van der Waals surface area contributed by atoms with Gasteiger partial charge in [-0.15, -0.1) is 11.3 Å². The molecular formula is C12H17NO3S2. The van der Waals surface area contributed by atoms with Crippen molar-refractivity contribution in [3.8, 4) is 11.8 Å². The quantitative estimate of drug-likeness (QED) is 0.775. The largest absolute Gasteiger partial charge is 0.395 e. The average molecular weight is 287 g/mol. The van der Waals surface area contributed by atoms with Crippen LogP contribution < -0.4 is 4.72 Å². The molecule has 100 valence electrons. The summed E-state index contributed by atoms with van der Waals surface area (Å²) in [5, 5.41) is 10.5. The van der Waals surface area contributed by atoms with Gasteiger partial charge in [0.05, 0.1) is 12.4 Å². The van der Waals surface area contributed by atoms with Crippen molar-refractivity contribution in [1.29, 1.82) is 0 Å². The van der Waals surface area contributed by atoms with E-state index < -0.39 is 10.0 Å². The smallest absolute Gasteiger partial charge is 0.211 e. The molecular weight excluding hydrogens is 270 g/mol. The van der Waals surface area contributed by atoms with Crippen molar-refractivity contribution in [3.05, 3.63) is 21.9 Å². The number of hydrogen-bond acceptors (Lipinski definition) is 4. The van der Waals surface area contributed by atoms with E-state index in [4.69, 9.17) is 5.11 Å². The number of aliphatic hydroxyl groups is 1. The zero-order chi connectivity index (χ0) is 13.4. The van der Waals surface area contributed by atoms with E-state index in [0.29, 0.717) is 12.8 Å². The fourth-order valence-electron chi connectivity index (χ4n) is 1.32. The van der Waals surface area contributed by atoms with Crippen molar-refractivity contribution in [2.24, 2.45) is 0 Å². The molecule has 0 unspecified atom stereocenters. The zero-order valence-electron chi connectivity index (χ0n) is 10.3. The van der Waals surface area contributed by atoms with Gasteiger partial charge in [0.1, 0.15) is 0 Å². The molecule has 1 aromatic rings. The molecule has 1 aromatic heterocycles. The van der Waals surface area contributed by atoms with Gasteiger partial charge in [-0.2, -0.15) is 0 Å². The second kappa shape index (κ2) is 7.54. The molecule has 6 heteroatoms. The Morgan fingerprint density at radius 3 is 2.94 bits per heavy atom. The van der Waals surface area contributed by atoms with Crippen LogP contribution in [0.4, 0.5) is 0 Å². The normalized spacial score (nSPS) is 11.0. The number of aliphatic hydroxyl groups excluding tert-OH is 1. The Morgan fingerprint density at radius 2 is 2.28 bits per heavy atom. The third-order valence-corrected chi connectivity index (χ3v) is 4.58. The maximum Gasteiger partial charge on any atom is 0.211 e. The van der Waals surface area contributed by atoms with Crippen LogP contribution in [-0.2, 0) is 16.6 Å². The lowest BCUT2D eigenvalue weighted by Gasteiger charge is -2.04. The third kappa shape index (κ3) is 5.19. The van der Waals surface area contributed by atoms with Crippen molar-refractivity contribution in [2.45, 2.75) is 26.3 Å². The summed E-state index contributed by atoms with van der Waals surface area (Å²) in [4.78, 5) is 0.903. The molecule has 0 saturated carbocycles. The molecule has 0 aromatic carbocycles. The van der Waals surface area contributed by atoms with Gasteiger partial charge in [-0.05, 0) is 17.9 Å². The van der Waals surface area contributed by atoms with E-state index in [1.807, 2.05) is 18.4 Å². The van der Waals surface area contributed by atoms with Crippen LogP contribution in [0.2, 0.25) is 0 Å². The minimum atomic E-state index is -3.18. The summed E-state index contributed by atoms with van der Waals surface area (Å²) in [5.41, 5.74) is 0.827. The number of sulfonamides is 1. The van der Waals surface area contributed by atoms with E-state index in [-0.39, 0.29) is 18.9 Å². The lowest BCUT2D eigenvalue weighted by molar-refractivity contribution is 0.305. The number of thiophene rings is 1. The second-order valence-corrected chi connectivity index (χ2v) is 6.60. The van der Waals surface area contributed by atoms with Gasteiger partial charge >= 0.3 is 0 Å². The Morgan fingerprint density at radius 1 is 1.50 bits per heavy atom. The molecule has 1 heterocycles. The van der Waals surface area contributed by atoms with Crippen LogP contribution in [0.25, 0.3) is 0 Å². The second-order valence-electron chi connectivity index (χ2n) is 3.67. The highest BCUT2D eigenvalue weighted by atomic mass is 32.2. The van der Waals surface area contributed by atoms with Gasteiger partial charge in [-0.1, -0.05) is 18.8 Å². The summed E-state index contributed by atoms with van der Waals surface area (Å²) in [5.74, 6) is 5.90. The summed E-state index contributed by atoms with van der Waals surface area (Å²) in [6, 6.07) is 1.86. The fourth-order valence-corrected chi connectivity index (χ4v) is 3.23. The highest BCUT2D eigenvalue weighted by Crippen LogP contribution is 2.15. The van der Waals surface area contributed by atoms with E-state index in [2.05, 4.69) is 16.6 Å². The predicted octanol–water partition coefficient (Wildman–Crippen LogP) is 1.31. The van der Waals surface area contributed by atoms with Gasteiger partial charge in [0, 0.05) is 23.4 Å². The lowest BCUT2D eigenvalue weighted by atomic mass is 10.2. The van der Waals surface area contributed by atoms with Crippen LogP contribution in [0.15, 0.2) is 11.4 Å². The molecule has 0 spiro atoms. The van der Waals surface area contributed by atoms with E-state index >= 15 is 0 Å². The van der Waals surface area contributed by atoms with Crippen LogP contribution in [0.5, 0.6) is 0 Å². The van der Waals surface area contributed by atoms with Crippen molar-refractivity contribution in [3.63, 3.8) is 0 Å². The van der Waals surface area contributed by atoms with Crippen molar-refractivity contribution in [2.75, 3.05) is 12.4 Å². The maximum absolute atomic E-state index is 11.5. The maximum atomic E-state index is 11.5. The molecule has 0 fully saturated rings. The SMILES string of the molecule is CCCS(=O)(=O)NCc1sccc1C#CCCO. The van der Waals surface area contributed by atoms with Crippen LogP contribution in [-0.4, -0.2) is 25.9 Å². The molecule has 18 heavy (non-hydrogen) atoms. The molecule has 0 aliphatic carbocycles. The number of nitrogens with one attached hydrogen (secondary N) is 1. The summed E-state index contributed by atoms with van der Waals surface area (Å²) < 4.78 is 25.6. The monoisotopic (exact) mass is 287 g/mol. The summed E-state index contributed by atoms with van der Waals surface area (Å²) >= 11 is 1.47. The van der Waals surface area contributed by atoms with Crippen molar-refractivity contribution in [1.82, 2.24) is 4.72 Å². The molecule has 0 amide bonds. The first-order valence-corrected chi connectivity index (χ1v) is 8.25. The molecule has 2 N–H and O–H groups in total. The molecule has 0 aliphatic heterocycles. The van der Waals surface area contributed by atoms with Gasteiger partial charge < -0.3 is 5.11 Å². The lowest BCUT2D eigenvalue weighted by Crippen LogP contribution is -2.25. The summed E-state index contributed by atoms with van der Waals surface area (Å²) in [6.45, 7) is 2.15. The average Bonchev–Trinajstić information content (AvgIpc) is 2.75. The first kappa shape index (κ1) is 15.2. The molecule has 0 radical (unpaired) electrons. The standard InChI is InChI=1S/C12H17NO3S2/c1-2-9-18(15,16)13-10-12-11(6-8-17-12)5-3-4-7-14/h6,8,13-14H,2,4,7,9-10H2,1H3. The predicted molar refractivity (Wildman–Crippen MR) is 73.8 cm³/mol. The Kier molecular flexibility index (Phi) is 6.36. The van der Waals surface area contributed by atoms with E-state index in [9.17, 15) is 8.42 Å². The van der Waals surface area contributed by atoms with Crippen molar-refractivity contribution < 1.29 is 13.5 Å². The highest BCUT2D eigenvalue weighted by Gasteiger charge is 2.10. The molecule has 0 atom stereocenters. The first-order chi connectivity index (χ1) is 8.59. The zero-order valence-corrected chi connectivity index (χ0v) is 11.9. The van der Waals surface area contributed by atoms with Gasteiger partial charge in [-0.25, -0.2) is 13.1 Å². The van der Waals surface area contributed by atoms with E-state index in [1.165, 1.54) is 11.3 Å². The summed E-state index contributed by atoms with van der Waals surface area (Å²) in [7, 11) is -3.18. The molecule has 4 nitrogen and oxygen atoms in total. The first-order valence-electron chi connectivity index (χ1n) is 5.72. The van der Waals surface area contributed by atoms with Crippen LogP contribution in [0, 0.1) is 11.8 Å². The van der Waals surface area contributed by atoms with E-state index in [0.717, 1.165) is 10.4 Å². The topological polar surface area (TPSA) is 66.4 Å². The highest BCUT2D eigenvalue weighted by molar-refractivity contribution is 7.89. The Bertz CT molecular complexity index is 523. The van der Waals surface area contributed by atoms with E-state index in [1.54, 1.807) is 0 Å². The molecule has 0 bridgehead atoms. The Labute approximate surface area is 112 Å². The van der Waals surface area contributed by atoms with Gasteiger partial charge in [0.15, 0.2) is 0 Å². The number of hydrogen-bond donors (Lipinski definition) is 2. The Balaban J connectivity index is 2.64. The minimum Gasteiger partial charge on any atom is -0.395 e. The third-order valence-electron chi connectivity index (χ3n) is 2.13. The van der Waals surface area contributed by atoms with Gasteiger partial charge in [0.2, 0.25) is 10.0 Å². The summed E-state index contributed by atoms with van der Waals surface area (Å²) in [6.07, 6.45) is 1.03. The van der Waals surface area contributed by atoms with Gasteiger partial charge in [-0.3, -0.25) is 0 Å². The fraction of sp³-hybridized carbons (Fsp3) is 0.500. The van der Waals surface area contributed by atoms with Crippen LogP contribution in [0.1, 0.15) is 30.2 Å². The molecule has 0 aliphatic rings. The Hall–Kier alpha value is -0.870. The van der Waals surface area contributed by atoms with Gasteiger partial charge in [0.25, 0.3) is 0 Å². The van der Waals surface area contributed by atoms with Crippen molar-refractivity contribution >= 4 is 21.4 Å². The van der Waals surface area contributed by atoms with Crippen LogP contribution in [0.3, 0.4) is 0 Å².